The molecular weight excluding hydrogens is 1110 g/mol. The number of carboxylic acids is 2. The van der Waals surface area contributed by atoms with Crippen LogP contribution in [0.15, 0.2) is 89.9 Å². The summed E-state index contributed by atoms with van der Waals surface area (Å²) in [7, 11) is 0. The summed E-state index contributed by atoms with van der Waals surface area (Å²) in [5.41, 5.74) is 18.6. The number of benzene rings is 3. The summed E-state index contributed by atoms with van der Waals surface area (Å²) in [5.74, 6) is -11.4. The average molecular weight is 1190 g/mol. The zero-order valence-corrected chi connectivity index (χ0v) is 48.2. The predicted molar refractivity (Wildman–Crippen MR) is 312 cm³/mol. The number of hydrogen-bond donors (Lipinski definition) is 16. The SMILES string of the molecule is CC(C)C[C@H](N)C(=O)N[C@H](C(=O)N[C@@H](CS)C(=O)NCC(=O)N[C@@H](CCC(=O)O)C(=O)N[C@@H](CCCN=C(N)N)C(=O)NCC(=O)N[C@@H](Cc1ccccc1)C(=O)N[C@@H](Cc1ccccc1)C(=O)N[C@@H](Cc1ccc(O)cc1)C(=O)O)C(C)C. The lowest BCUT2D eigenvalue weighted by Gasteiger charge is -2.26. The van der Waals surface area contributed by atoms with Gasteiger partial charge >= 0.3 is 11.9 Å². The average Bonchev–Trinajstić information content (AvgIpc) is 3.62. The summed E-state index contributed by atoms with van der Waals surface area (Å²) < 4.78 is 0. The molecule has 9 amide bonds. The second-order valence-corrected chi connectivity index (χ2v) is 20.9. The van der Waals surface area contributed by atoms with E-state index >= 15 is 0 Å². The van der Waals surface area contributed by atoms with Gasteiger partial charge in [-0.1, -0.05) is 100 Å². The number of phenolic OH excluding ortho intramolecular Hbond substituents is 1. The van der Waals surface area contributed by atoms with Gasteiger partial charge in [0, 0.05) is 38.0 Å². The number of phenols is 1. The van der Waals surface area contributed by atoms with E-state index in [0.717, 1.165) is 0 Å². The number of rotatable bonds is 36. The summed E-state index contributed by atoms with van der Waals surface area (Å²) in [5, 5.41) is 51.7. The largest absolute Gasteiger partial charge is 0.508 e. The van der Waals surface area contributed by atoms with Crippen LogP contribution >= 0.6 is 12.6 Å². The maximum Gasteiger partial charge on any atom is 0.326 e. The summed E-state index contributed by atoms with van der Waals surface area (Å²) in [4.78, 5) is 150. The van der Waals surface area contributed by atoms with Crippen LogP contribution in [0.5, 0.6) is 5.75 Å². The molecule has 0 spiro atoms. The summed E-state index contributed by atoms with van der Waals surface area (Å²) >= 11 is 4.16. The highest BCUT2D eigenvalue weighted by Crippen LogP contribution is 2.14. The molecule has 84 heavy (non-hydrogen) atoms. The highest BCUT2D eigenvalue weighted by molar-refractivity contribution is 7.80. The van der Waals surface area contributed by atoms with E-state index in [4.69, 9.17) is 17.2 Å². The molecule has 0 heterocycles. The molecule has 0 bridgehead atoms. The molecule has 0 aliphatic carbocycles. The number of carbonyl (C=O) groups excluding carboxylic acids is 9. The second kappa shape index (κ2) is 35.9. The Kier molecular flexibility index (Phi) is 29.7. The Morgan fingerprint density at radius 2 is 0.964 bits per heavy atom. The van der Waals surface area contributed by atoms with Crippen LogP contribution in [0, 0.1) is 11.8 Å². The first-order valence-electron chi connectivity index (χ1n) is 27.1. The third kappa shape index (κ3) is 26.0. The Morgan fingerprint density at radius 3 is 1.45 bits per heavy atom. The van der Waals surface area contributed by atoms with Gasteiger partial charge in [0.05, 0.1) is 19.1 Å². The molecule has 3 aromatic rings. The molecule has 8 atom stereocenters. The van der Waals surface area contributed by atoms with Gasteiger partial charge in [0.15, 0.2) is 5.96 Å². The number of hydrogen-bond acceptors (Lipinski definition) is 15. The second-order valence-electron chi connectivity index (χ2n) is 20.5. The van der Waals surface area contributed by atoms with Crippen molar-refractivity contribution in [1.82, 2.24) is 47.9 Å². The molecule has 0 aliphatic heterocycles. The smallest absolute Gasteiger partial charge is 0.326 e. The highest BCUT2D eigenvalue weighted by Gasteiger charge is 2.33. The van der Waals surface area contributed by atoms with Crippen molar-refractivity contribution in [2.75, 3.05) is 25.4 Å². The van der Waals surface area contributed by atoms with E-state index in [1.165, 1.54) is 24.3 Å². The van der Waals surface area contributed by atoms with Gasteiger partial charge in [-0.3, -0.25) is 52.9 Å². The first-order chi connectivity index (χ1) is 39.8. The standard InChI is InChI=1S/C56H79N13O14S/c1-31(2)24-37(57)48(75)69-47(32(3)4)54(81)68-43(30-84)50(77)62-28-44(71)63-39(21-22-46(73)74)51(78)65-38(16-11-23-60-56(58)59)49(76)61-29-45(72)64-40(25-33-12-7-5-8-13-33)52(79)66-41(26-34-14-9-6-10-15-34)53(80)67-42(55(82)83)27-35-17-19-36(70)20-18-35/h5-10,12-15,17-20,31-32,37-43,47,70,84H,11,16,21-30,57H2,1-4H3,(H,61,76)(H,62,77)(H,63,71)(H,64,72)(H,65,78)(H,66,79)(H,67,80)(H,68,81)(H,69,75)(H,73,74)(H,82,83)(H4,58,59,60)/t37-,38-,39-,40-,41-,42-,43-,47-/m0/s1. The molecule has 0 saturated heterocycles. The van der Waals surface area contributed by atoms with Gasteiger partial charge in [-0.05, 0) is 66.3 Å². The highest BCUT2D eigenvalue weighted by atomic mass is 32.1. The number of aliphatic imine (C=N–C) groups is 1. The number of thiol groups is 1. The van der Waals surface area contributed by atoms with Gasteiger partial charge in [0.25, 0.3) is 0 Å². The number of carbonyl (C=O) groups is 11. The Morgan fingerprint density at radius 1 is 0.524 bits per heavy atom. The van der Waals surface area contributed by atoms with E-state index in [1.807, 2.05) is 13.8 Å². The molecule has 0 fully saturated rings. The number of nitrogens with two attached hydrogens (primary N) is 3. The molecule has 0 saturated carbocycles. The Hall–Kier alpha value is -8.79. The lowest BCUT2D eigenvalue weighted by Crippen LogP contribution is -2.59. The fraction of sp³-hybridized carbons (Fsp3) is 0.464. The maximum atomic E-state index is 14.3. The molecule has 18 N–H and O–H groups in total. The monoisotopic (exact) mass is 1190 g/mol. The van der Waals surface area contributed by atoms with Crippen LogP contribution in [0.4, 0.5) is 0 Å². The summed E-state index contributed by atoms with van der Waals surface area (Å²) in [6.07, 6.45) is -1.28. The Balaban J connectivity index is 1.78. The number of amides is 9. The molecular formula is C56H79N13O14S. The van der Waals surface area contributed by atoms with Crippen LogP contribution in [0.2, 0.25) is 0 Å². The van der Waals surface area contributed by atoms with Gasteiger partial charge in [-0.25, -0.2) is 4.79 Å². The predicted octanol–water partition coefficient (Wildman–Crippen LogP) is -1.99. The first-order valence-corrected chi connectivity index (χ1v) is 27.8. The van der Waals surface area contributed by atoms with E-state index in [1.54, 1.807) is 74.5 Å². The fourth-order valence-electron chi connectivity index (χ4n) is 8.25. The van der Waals surface area contributed by atoms with Crippen LogP contribution in [-0.2, 0) is 72.0 Å². The number of aliphatic carboxylic acids is 2. The lowest BCUT2D eigenvalue weighted by molar-refractivity contribution is -0.142. The fourth-order valence-corrected chi connectivity index (χ4v) is 8.51. The van der Waals surface area contributed by atoms with Gasteiger partial charge in [-0.15, -0.1) is 0 Å². The van der Waals surface area contributed by atoms with Crippen molar-refractivity contribution in [1.29, 1.82) is 0 Å². The molecule has 0 radical (unpaired) electrons. The van der Waals surface area contributed by atoms with Gasteiger partial charge in [0.1, 0.15) is 48.0 Å². The van der Waals surface area contributed by atoms with E-state index < -0.39 is 145 Å². The van der Waals surface area contributed by atoms with Crippen LogP contribution in [0.25, 0.3) is 0 Å². The normalized spacial score (nSPS) is 13.8. The van der Waals surface area contributed by atoms with Gasteiger partial charge in [0.2, 0.25) is 53.2 Å². The Labute approximate surface area is 492 Å². The van der Waals surface area contributed by atoms with E-state index in [-0.39, 0.29) is 62.0 Å². The van der Waals surface area contributed by atoms with Gasteiger partial charge in [-0.2, -0.15) is 12.6 Å². The zero-order valence-electron chi connectivity index (χ0n) is 47.3. The quantitative estimate of drug-likeness (QED) is 0.0130. The molecule has 3 rings (SSSR count). The topological polar surface area (TPSA) is 447 Å². The van der Waals surface area contributed by atoms with Crippen molar-refractivity contribution < 1.29 is 68.1 Å². The van der Waals surface area contributed by atoms with E-state index in [9.17, 15) is 68.1 Å². The zero-order chi connectivity index (χ0) is 62.5. The number of carboxylic acid groups (broad SMARTS) is 2. The third-order valence-electron chi connectivity index (χ3n) is 12.7. The van der Waals surface area contributed by atoms with Crippen molar-refractivity contribution in [3.63, 3.8) is 0 Å². The van der Waals surface area contributed by atoms with Gasteiger partial charge < -0.3 is 80.4 Å². The lowest BCUT2D eigenvalue weighted by atomic mass is 10.00. The van der Waals surface area contributed by atoms with Crippen molar-refractivity contribution in [3.05, 3.63) is 102 Å². The van der Waals surface area contributed by atoms with Crippen molar-refractivity contribution in [2.45, 2.75) is 127 Å². The third-order valence-corrected chi connectivity index (χ3v) is 13.1. The Bertz CT molecular complexity index is 2730. The number of guanidine groups is 1. The minimum Gasteiger partial charge on any atom is -0.508 e. The summed E-state index contributed by atoms with van der Waals surface area (Å²) in [6.45, 7) is 5.52. The maximum absolute atomic E-state index is 14.3. The van der Waals surface area contributed by atoms with Crippen LogP contribution in [0.3, 0.4) is 0 Å². The van der Waals surface area contributed by atoms with Crippen LogP contribution < -0.4 is 65.1 Å². The minimum absolute atomic E-state index is 0.0246. The van der Waals surface area contributed by atoms with Crippen molar-refractivity contribution >= 4 is 83.7 Å². The van der Waals surface area contributed by atoms with Crippen LogP contribution in [-0.4, -0.2) is 160 Å². The molecule has 3 aromatic carbocycles. The first kappa shape index (κ1) is 69.5. The molecule has 0 unspecified atom stereocenters. The molecule has 27 nitrogen and oxygen atoms in total. The minimum atomic E-state index is -1.61. The van der Waals surface area contributed by atoms with E-state index in [2.05, 4.69) is 65.5 Å². The molecule has 0 aromatic heterocycles. The molecule has 28 heteroatoms. The van der Waals surface area contributed by atoms with Crippen molar-refractivity contribution in [2.24, 2.45) is 34.0 Å². The van der Waals surface area contributed by atoms with Crippen molar-refractivity contribution in [3.8, 4) is 5.75 Å². The number of aromatic hydroxyl groups is 1. The number of nitrogens with zero attached hydrogens (tertiary/aromatic N) is 1. The van der Waals surface area contributed by atoms with Crippen LogP contribution in [0.1, 0.15) is 76.5 Å². The summed E-state index contributed by atoms with van der Waals surface area (Å²) in [6, 6.07) is 12.1. The molecule has 0 aliphatic rings. The van der Waals surface area contributed by atoms with E-state index in [0.29, 0.717) is 23.1 Å². The number of nitrogens with one attached hydrogen (secondary N) is 9. The molecule has 458 valence electrons.